The average molecular weight is 526 g/mol. The first kappa shape index (κ1) is 22.0. The molecule has 0 atom stereocenters. The van der Waals surface area contributed by atoms with Gasteiger partial charge in [0.05, 0.1) is 16.1 Å². The molecule has 0 saturated heterocycles. The van der Waals surface area contributed by atoms with Gasteiger partial charge >= 0.3 is 0 Å². The molecule has 0 spiro atoms. The molecule has 1 nitrogen and oxygen atoms in total. The van der Waals surface area contributed by atoms with E-state index in [9.17, 15) is 0 Å². The number of hydrogen-bond donors (Lipinski definition) is 0. The van der Waals surface area contributed by atoms with E-state index in [4.69, 9.17) is 0 Å². The zero-order chi connectivity index (χ0) is 26.2. The highest BCUT2D eigenvalue weighted by Crippen LogP contribution is 2.48. The molecule has 0 saturated carbocycles. The van der Waals surface area contributed by atoms with Crippen LogP contribution in [0.25, 0.3) is 63.3 Å². The molecule has 0 radical (unpaired) electrons. The van der Waals surface area contributed by atoms with Crippen molar-refractivity contribution in [3.63, 3.8) is 0 Å². The fraction of sp³-hybridized carbons (Fsp3) is 0. The molecule has 0 fully saturated rings. The summed E-state index contributed by atoms with van der Waals surface area (Å²) in [5, 5.41) is 12.9. The van der Waals surface area contributed by atoms with Gasteiger partial charge in [-0.25, -0.2) is 0 Å². The minimum absolute atomic E-state index is 1.17. The number of benzene rings is 8. The summed E-state index contributed by atoms with van der Waals surface area (Å²) in [5.74, 6) is 0. The highest BCUT2D eigenvalue weighted by atomic mass is 32.1. The van der Waals surface area contributed by atoms with E-state index in [2.05, 4.69) is 144 Å². The second-order valence-corrected chi connectivity index (χ2v) is 11.6. The first-order chi connectivity index (χ1) is 19.8. The van der Waals surface area contributed by atoms with Crippen LogP contribution >= 0.6 is 11.3 Å². The van der Waals surface area contributed by atoms with Gasteiger partial charge in [0.1, 0.15) is 0 Å². The fourth-order valence-electron chi connectivity index (χ4n) is 6.55. The topological polar surface area (TPSA) is 3.24 Å². The van der Waals surface area contributed by atoms with Gasteiger partial charge in [0.2, 0.25) is 0 Å². The van der Waals surface area contributed by atoms with Crippen LogP contribution < -0.4 is 4.90 Å². The summed E-state index contributed by atoms with van der Waals surface area (Å²) in [6, 6.07) is 51.3. The van der Waals surface area contributed by atoms with E-state index in [0.717, 1.165) is 0 Å². The smallest absolute Gasteiger partial charge is 0.0640 e. The van der Waals surface area contributed by atoms with Crippen molar-refractivity contribution in [3.05, 3.63) is 140 Å². The molecule has 1 aromatic heterocycles. The zero-order valence-corrected chi connectivity index (χ0v) is 22.5. The van der Waals surface area contributed by atoms with Crippen molar-refractivity contribution >= 4 is 91.7 Å². The first-order valence-corrected chi connectivity index (χ1v) is 14.5. The van der Waals surface area contributed by atoms with Crippen LogP contribution in [0.5, 0.6) is 0 Å². The Labute approximate surface area is 235 Å². The molecule has 8 aromatic carbocycles. The lowest BCUT2D eigenvalue weighted by Crippen LogP contribution is -2.11. The Morgan fingerprint density at radius 3 is 1.95 bits per heavy atom. The fourth-order valence-corrected chi connectivity index (χ4v) is 7.75. The van der Waals surface area contributed by atoms with Crippen molar-refractivity contribution in [1.82, 2.24) is 0 Å². The Kier molecular flexibility index (Phi) is 4.55. The number of nitrogens with zero attached hydrogens (tertiary/aromatic N) is 1. The predicted octanol–water partition coefficient (Wildman–Crippen LogP) is 11.6. The van der Waals surface area contributed by atoms with Crippen LogP contribution in [-0.2, 0) is 0 Å². The molecular formula is C38H23NS. The average Bonchev–Trinajstić information content (AvgIpc) is 3.40. The van der Waals surface area contributed by atoms with Crippen molar-refractivity contribution in [1.29, 1.82) is 0 Å². The van der Waals surface area contributed by atoms with Crippen LogP contribution in [0.1, 0.15) is 0 Å². The van der Waals surface area contributed by atoms with Gasteiger partial charge in [-0.3, -0.25) is 0 Å². The first-order valence-electron chi connectivity index (χ1n) is 13.7. The molecule has 0 N–H and O–H groups in total. The molecule has 0 aliphatic carbocycles. The van der Waals surface area contributed by atoms with Crippen molar-refractivity contribution in [2.75, 3.05) is 4.90 Å². The Hall–Kier alpha value is -4.92. The Morgan fingerprint density at radius 1 is 0.400 bits per heavy atom. The van der Waals surface area contributed by atoms with Crippen LogP contribution in [-0.4, -0.2) is 0 Å². The third-order valence-corrected chi connectivity index (χ3v) is 9.57. The van der Waals surface area contributed by atoms with Gasteiger partial charge in [0.15, 0.2) is 0 Å². The van der Waals surface area contributed by atoms with E-state index in [-0.39, 0.29) is 0 Å². The van der Waals surface area contributed by atoms with E-state index >= 15 is 0 Å². The second kappa shape index (κ2) is 8.29. The molecular weight excluding hydrogens is 502 g/mol. The molecule has 9 aromatic rings. The van der Waals surface area contributed by atoms with Crippen molar-refractivity contribution < 1.29 is 0 Å². The van der Waals surface area contributed by atoms with Gasteiger partial charge in [-0.1, -0.05) is 109 Å². The predicted molar refractivity (Wildman–Crippen MR) is 175 cm³/mol. The molecule has 9 rings (SSSR count). The lowest BCUT2D eigenvalue weighted by Gasteiger charge is -2.28. The molecule has 0 unspecified atom stereocenters. The van der Waals surface area contributed by atoms with E-state index in [1.165, 1.54) is 80.3 Å². The van der Waals surface area contributed by atoms with Crippen molar-refractivity contribution in [3.8, 4) is 0 Å². The maximum atomic E-state index is 2.48. The molecule has 0 amide bonds. The van der Waals surface area contributed by atoms with Crippen molar-refractivity contribution in [2.24, 2.45) is 0 Å². The summed E-state index contributed by atoms with van der Waals surface area (Å²) in [6.07, 6.45) is 0. The maximum Gasteiger partial charge on any atom is 0.0640 e. The molecule has 0 bridgehead atoms. The summed E-state index contributed by atoms with van der Waals surface area (Å²) in [7, 11) is 0. The number of rotatable bonds is 3. The van der Waals surface area contributed by atoms with E-state index in [0.29, 0.717) is 0 Å². The summed E-state index contributed by atoms with van der Waals surface area (Å²) in [5.41, 5.74) is 3.58. The summed E-state index contributed by atoms with van der Waals surface area (Å²) >= 11 is 1.88. The van der Waals surface area contributed by atoms with Gasteiger partial charge in [0.25, 0.3) is 0 Å². The number of anilines is 3. The third-order valence-electron chi connectivity index (χ3n) is 8.36. The maximum absolute atomic E-state index is 2.48. The van der Waals surface area contributed by atoms with Gasteiger partial charge in [0, 0.05) is 26.5 Å². The van der Waals surface area contributed by atoms with Gasteiger partial charge in [-0.2, -0.15) is 0 Å². The van der Waals surface area contributed by atoms with Crippen LogP contribution in [0, 0.1) is 0 Å². The van der Waals surface area contributed by atoms with Crippen LogP contribution in [0.15, 0.2) is 140 Å². The largest absolute Gasteiger partial charge is 0.308 e. The van der Waals surface area contributed by atoms with Crippen LogP contribution in [0.2, 0.25) is 0 Å². The van der Waals surface area contributed by atoms with Crippen molar-refractivity contribution in [2.45, 2.75) is 0 Å². The summed E-state index contributed by atoms with van der Waals surface area (Å²) < 4.78 is 2.63. The number of thiophene rings is 1. The van der Waals surface area contributed by atoms with E-state index in [1.807, 2.05) is 11.3 Å². The summed E-state index contributed by atoms with van der Waals surface area (Å²) in [4.78, 5) is 2.48. The standard InChI is InChI=1S/C38H23NS/c1-2-8-28-23-29(20-17-24(28)7-1)39(34-13-6-12-31-30-11-3-4-14-35(30)40-38(31)34)33-22-19-27-16-15-25-9-5-10-26-18-21-32(33)37(27)36(25)26/h1-23H. The highest BCUT2D eigenvalue weighted by Gasteiger charge is 2.21. The Morgan fingerprint density at radius 2 is 1.05 bits per heavy atom. The third kappa shape index (κ3) is 3.08. The molecule has 40 heavy (non-hydrogen) atoms. The van der Waals surface area contributed by atoms with Crippen LogP contribution in [0.4, 0.5) is 17.1 Å². The minimum Gasteiger partial charge on any atom is -0.308 e. The molecule has 0 aliphatic rings. The van der Waals surface area contributed by atoms with Gasteiger partial charge < -0.3 is 4.90 Å². The second-order valence-electron chi connectivity index (χ2n) is 10.6. The Bertz CT molecular complexity index is 2380. The SMILES string of the molecule is c1ccc2cc(N(c3ccc4ccc5cccc6ccc3c4c56)c3cccc4c3sc3ccccc34)ccc2c1. The zero-order valence-electron chi connectivity index (χ0n) is 21.6. The minimum atomic E-state index is 1.17. The van der Waals surface area contributed by atoms with Gasteiger partial charge in [-0.05, 0) is 68.0 Å². The number of fused-ring (bicyclic) bond motifs is 4. The Balaban J connectivity index is 1.41. The van der Waals surface area contributed by atoms with E-state index in [1.54, 1.807) is 0 Å². The summed E-state index contributed by atoms with van der Waals surface area (Å²) in [6.45, 7) is 0. The quantitative estimate of drug-likeness (QED) is 0.207. The lowest BCUT2D eigenvalue weighted by molar-refractivity contribution is 1.33. The normalized spacial score (nSPS) is 12.0. The number of hydrogen-bond acceptors (Lipinski definition) is 2. The molecule has 186 valence electrons. The molecule has 1 heterocycles. The van der Waals surface area contributed by atoms with Crippen LogP contribution in [0.3, 0.4) is 0 Å². The van der Waals surface area contributed by atoms with E-state index < -0.39 is 0 Å². The molecule has 0 aliphatic heterocycles. The highest BCUT2D eigenvalue weighted by molar-refractivity contribution is 7.26. The lowest BCUT2D eigenvalue weighted by atomic mass is 9.93. The van der Waals surface area contributed by atoms with Gasteiger partial charge in [-0.15, -0.1) is 11.3 Å². The molecule has 2 heteroatoms. The monoisotopic (exact) mass is 525 g/mol.